The van der Waals surface area contributed by atoms with Gasteiger partial charge >= 0.3 is 0 Å². The number of hydrogen-bond donors (Lipinski definition) is 1. The van der Waals surface area contributed by atoms with Gasteiger partial charge in [0.05, 0.1) is 0 Å². The number of carbonyl (C=O) groups excluding carboxylic acids is 1. The Kier molecular flexibility index (Phi) is 6.63. The highest BCUT2D eigenvalue weighted by molar-refractivity contribution is 5.81. The zero-order valence-corrected chi connectivity index (χ0v) is 18.8. The lowest BCUT2D eigenvalue weighted by atomic mass is 9.92. The van der Waals surface area contributed by atoms with Crippen LogP contribution in [0.15, 0.2) is 54.9 Å². The number of piperidine rings is 1. The Morgan fingerprint density at radius 1 is 1.09 bits per heavy atom. The summed E-state index contributed by atoms with van der Waals surface area (Å²) in [5.74, 6) is 1.62. The second kappa shape index (κ2) is 9.77. The number of ether oxygens (including phenoxy) is 1. The fourth-order valence-corrected chi connectivity index (χ4v) is 3.99. The highest BCUT2D eigenvalue weighted by Gasteiger charge is 2.28. The monoisotopic (exact) mass is 431 g/mol. The van der Waals surface area contributed by atoms with Gasteiger partial charge in [-0.2, -0.15) is 0 Å². The van der Waals surface area contributed by atoms with Crippen LogP contribution in [0.4, 0.5) is 11.6 Å². The second-order valence-electron chi connectivity index (χ2n) is 8.29. The molecule has 1 saturated heterocycles. The minimum atomic E-state index is -0.506. The van der Waals surface area contributed by atoms with Gasteiger partial charge in [0.2, 0.25) is 5.95 Å². The Morgan fingerprint density at radius 2 is 1.78 bits per heavy atom. The number of aryl methyl sites for hydroxylation is 2. The molecular formula is C25H29N5O2. The van der Waals surface area contributed by atoms with Crippen molar-refractivity contribution in [1.29, 1.82) is 0 Å². The van der Waals surface area contributed by atoms with E-state index in [1.807, 2.05) is 56.0 Å². The smallest absolute Gasteiger partial charge is 0.263 e. The number of pyridine rings is 1. The van der Waals surface area contributed by atoms with E-state index in [-0.39, 0.29) is 5.91 Å². The van der Waals surface area contributed by atoms with Crippen molar-refractivity contribution in [3.8, 4) is 5.75 Å². The number of likely N-dealkylation sites (tertiary alicyclic amines) is 1. The van der Waals surface area contributed by atoms with Crippen LogP contribution in [0.5, 0.6) is 5.75 Å². The Morgan fingerprint density at radius 3 is 2.47 bits per heavy atom. The predicted octanol–water partition coefficient (Wildman–Crippen LogP) is 4.41. The minimum absolute atomic E-state index is 0.0322. The number of carbonyl (C=O) groups is 1. The van der Waals surface area contributed by atoms with Gasteiger partial charge in [0.25, 0.3) is 5.91 Å². The van der Waals surface area contributed by atoms with E-state index in [2.05, 4.69) is 21.4 Å². The van der Waals surface area contributed by atoms with Crippen LogP contribution in [0, 0.1) is 13.8 Å². The number of hydrogen-bond acceptors (Lipinski definition) is 6. The highest BCUT2D eigenvalue weighted by Crippen LogP contribution is 2.30. The van der Waals surface area contributed by atoms with Gasteiger partial charge in [0, 0.05) is 48.5 Å². The molecule has 0 radical (unpaired) electrons. The van der Waals surface area contributed by atoms with E-state index in [9.17, 15) is 4.79 Å². The largest absolute Gasteiger partial charge is 0.481 e. The van der Waals surface area contributed by atoms with E-state index in [4.69, 9.17) is 9.72 Å². The average molecular weight is 432 g/mol. The van der Waals surface area contributed by atoms with E-state index in [1.54, 1.807) is 18.5 Å². The molecule has 0 bridgehead atoms. The van der Waals surface area contributed by atoms with Gasteiger partial charge in [-0.1, -0.05) is 17.7 Å². The summed E-state index contributed by atoms with van der Waals surface area (Å²) in [7, 11) is 0. The lowest BCUT2D eigenvalue weighted by molar-refractivity contribution is -0.139. The van der Waals surface area contributed by atoms with Crippen LogP contribution in [0.3, 0.4) is 0 Å². The third-order valence-electron chi connectivity index (χ3n) is 5.70. The quantitative estimate of drug-likeness (QED) is 0.623. The van der Waals surface area contributed by atoms with Gasteiger partial charge in [0.1, 0.15) is 5.75 Å². The van der Waals surface area contributed by atoms with Crippen molar-refractivity contribution in [3.05, 3.63) is 71.8 Å². The first-order valence-corrected chi connectivity index (χ1v) is 11.0. The van der Waals surface area contributed by atoms with Gasteiger partial charge in [0.15, 0.2) is 6.10 Å². The van der Waals surface area contributed by atoms with Crippen molar-refractivity contribution in [2.45, 2.75) is 45.6 Å². The third kappa shape index (κ3) is 5.41. The summed E-state index contributed by atoms with van der Waals surface area (Å²) in [6, 6.07) is 13.6. The molecular weight excluding hydrogens is 402 g/mol. The maximum Gasteiger partial charge on any atom is 0.263 e. The molecule has 3 heterocycles. The SMILES string of the molecule is Cc1ccc(O[C@@H](C)C(=O)N2CCC(c3cc(Nc4ncccn4)cc(C)n3)CC2)cc1. The highest BCUT2D eigenvalue weighted by atomic mass is 16.5. The summed E-state index contributed by atoms with van der Waals surface area (Å²) >= 11 is 0. The molecule has 1 aliphatic heterocycles. The summed E-state index contributed by atoms with van der Waals surface area (Å²) in [5, 5.41) is 3.25. The first-order valence-electron chi connectivity index (χ1n) is 11.0. The summed E-state index contributed by atoms with van der Waals surface area (Å²) < 4.78 is 5.86. The molecule has 0 aliphatic carbocycles. The summed E-state index contributed by atoms with van der Waals surface area (Å²) in [4.78, 5) is 28.0. The fraction of sp³-hybridized carbons (Fsp3) is 0.360. The van der Waals surface area contributed by atoms with E-state index in [0.717, 1.165) is 41.2 Å². The molecule has 0 unspecified atom stereocenters. The standard InChI is InChI=1S/C25H29N5O2/c1-17-5-7-22(8-6-17)32-19(3)24(31)30-13-9-20(10-14-30)23-16-21(15-18(2)28-23)29-25-26-11-4-12-27-25/h4-8,11-12,15-16,19-20H,9-10,13-14H2,1-3H3,(H,26,27,28,29)/t19-/m0/s1. The van der Waals surface area contributed by atoms with Crippen molar-refractivity contribution in [3.63, 3.8) is 0 Å². The average Bonchev–Trinajstić information content (AvgIpc) is 2.80. The molecule has 7 nitrogen and oxygen atoms in total. The van der Waals surface area contributed by atoms with Gasteiger partial charge in [-0.3, -0.25) is 9.78 Å². The number of aromatic nitrogens is 3. The summed E-state index contributed by atoms with van der Waals surface area (Å²) in [5.41, 5.74) is 4.08. The van der Waals surface area contributed by atoms with Crippen molar-refractivity contribution in [2.75, 3.05) is 18.4 Å². The molecule has 1 amide bonds. The normalized spacial score (nSPS) is 15.3. The van der Waals surface area contributed by atoms with Gasteiger partial charge < -0.3 is 15.0 Å². The number of benzene rings is 1. The van der Waals surface area contributed by atoms with E-state index in [1.165, 1.54) is 0 Å². The van der Waals surface area contributed by atoms with Gasteiger partial charge in [-0.05, 0) is 63.9 Å². The molecule has 4 rings (SSSR count). The molecule has 3 aromatic rings. The zero-order valence-electron chi connectivity index (χ0n) is 18.8. The number of rotatable bonds is 6. The van der Waals surface area contributed by atoms with Gasteiger partial charge in [-0.25, -0.2) is 9.97 Å². The number of anilines is 2. The van der Waals surface area contributed by atoms with Crippen molar-refractivity contribution >= 4 is 17.5 Å². The first kappa shape index (κ1) is 21.7. The van der Waals surface area contributed by atoms with Crippen LogP contribution < -0.4 is 10.1 Å². The Bertz CT molecular complexity index is 1050. The Hall–Kier alpha value is -3.48. The molecule has 1 N–H and O–H groups in total. The predicted molar refractivity (Wildman–Crippen MR) is 124 cm³/mol. The summed E-state index contributed by atoms with van der Waals surface area (Å²) in [6.07, 6.45) is 4.66. The van der Waals surface area contributed by atoms with Crippen molar-refractivity contribution in [2.24, 2.45) is 0 Å². The second-order valence-corrected chi connectivity index (χ2v) is 8.29. The molecule has 0 spiro atoms. The Balaban J connectivity index is 1.35. The maximum absolute atomic E-state index is 12.9. The van der Waals surface area contributed by atoms with Crippen LogP contribution >= 0.6 is 0 Å². The molecule has 7 heteroatoms. The van der Waals surface area contributed by atoms with E-state index >= 15 is 0 Å². The van der Waals surface area contributed by atoms with E-state index < -0.39 is 6.10 Å². The molecule has 32 heavy (non-hydrogen) atoms. The van der Waals surface area contributed by atoms with Crippen LogP contribution in [0.25, 0.3) is 0 Å². The molecule has 166 valence electrons. The maximum atomic E-state index is 12.9. The van der Waals surface area contributed by atoms with Crippen LogP contribution in [0.1, 0.15) is 42.6 Å². The molecule has 1 aromatic carbocycles. The fourth-order valence-electron chi connectivity index (χ4n) is 3.99. The lowest BCUT2D eigenvalue weighted by Crippen LogP contribution is -2.44. The van der Waals surface area contributed by atoms with E-state index in [0.29, 0.717) is 25.0 Å². The molecule has 2 aromatic heterocycles. The van der Waals surface area contributed by atoms with Crippen LogP contribution in [-0.2, 0) is 4.79 Å². The number of nitrogens with one attached hydrogen (secondary N) is 1. The van der Waals surface area contributed by atoms with Crippen LogP contribution in [0.2, 0.25) is 0 Å². The topological polar surface area (TPSA) is 80.2 Å². The third-order valence-corrected chi connectivity index (χ3v) is 5.70. The van der Waals surface area contributed by atoms with Crippen molar-refractivity contribution in [1.82, 2.24) is 19.9 Å². The first-order chi connectivity index (χ1) is 15.5. The zero-order chi connectivity index (χ0) is 22.5. The molecule has 1 atom stereocenters. The number of amides is 1. The lowest BCUT2D eigenvalue weighted by Gasteiger charge is -2.33. The van der Waals surface area contributed by atoms with Gasteiger partial charge in [-0.15, -0.1) is 0 Å². The Labute approximate surface area is 188 Å². The molecule has 0 saturated carbocycles. The van der Waals surface area contributed by atoms with Crippen molar-refractivity contribution < 1.29 is 9.53 Å². The summed E-state index contributed by atoms with van der Waals surface area (Å²) in [6.45, 7) is 7.24. The molecule has 1 fully saturated rings. The van der Waals surface area contributed by atoms with Crippen LogP contribution in [-0.4, -0.2) is 45.0 Å². The number of nitrogens with zero attached hydrogens (tertiary/aromatic N) is 4. The molecule has 1 aliphatic rings. The minimum Gasteiger partial charge on any atom is -0.481 e.